The average molecular weight is 521 g/mol. The van der Waals surface area contributed by atoms with Crippen LogP contribution in [0.15, 0.2) is 60.7 Å². The summed E-state index contributed by atoms with van der Waals surface area (Å²) in [6.45, 7) is 0.642. The molecule has 0 radical (unpaired) electrons. The van der Waals surface area contributed by atoms with Crippen molar-refractivity contribution in [1.82, 2.24) is 4.90 Å². The maximum Gasteiger partial charge on any atom is 0.416 e. The van der Waals surface area contributed by atoms with Crippen LogP contribution in [0.5, 0.6) is 17.2 Å². The van der Waals surface area contributed by atoms with E-state index >= 15 is 0 Å². The normalized spacial score (nSPS) is 15.2. The van der Waals surface area contributed by atoms with Gasteiger partial charge in [0.25, 0.3) is 0 Å². The lowest BCUT2D eigenvalue weighted by atomic mass is 9.92. The smallest absolute Gasteiger partial charge is 0.416 e. The Bertz CT molecular complexity index is 1230. The lowest BCUT2D eigenvalue weighted by molar-refractivity contribution is -0.137. The molecule has 0 bridgehead atoms. The maximum atomic E-state index is 13.3. The molecule has 1 unspecified atom stereocenters. The fraction of sp³-hybridized carbons (Fsp3) is 0.269. The van der Waals surface area contributed by atoms with Crippen LogP contribution >= 0.6 is 12.2 Å². The van der Waals surface area contributed by atoms with E-state index in [1.807, 2.05) is 17.0 Å². The Balaban J connectivity index is 1.64. The van der Waals surface area contributed by atoms with Crippen LogP contribution < -0.4 is 19.5 Å². The van der Waals surface area contributed by atoms with Crippen molar-refractivity contribution in [2.75, 3.05) is 32.7 Å². The molecule has 3 aromatic carbocycles. The molecule has 0 saturated heterocycles. The van der Waals surface area contributed by atoms with Gasteiger partial charge >= 0.3 is 6.18 Å². The highest BCUT2D eigenvalue weighted by molar-refractivity contribution is 7.80. The van der Waals surface area contributed by atoms with Gasteiger partial charge in [-0.3, -0.25) is 0 Å². The summed E-state index contributed by atoms with van der Waals surface area (Å²) < 4.78 is 69.7. The van der Waals surface area contributed by atoms with Crippen molar-refractivity contribution in [2.45, 2.75) is 18.6 Å². The highest BCUT2D eigenvalue weighted by atomic mass is 32.1. The lowest BCUT2D eigenvalue weighted by Crippen LogP contribution is -2.44. The van der Waals surface area contributed by atoms with E-state index in [1.165, 1.54) is 43.5 Å². The molecule has 5 nitrogen and oxygen atoms in total. The van der Waals surface area contributed by atoms with Crippen molar-refractivity contribution >= 4 is 23.0 Å². The predicted octanol–water partition coefficient (Wildman–Crippen LogP) is 6.24. The summed E-state index contributed by atoms with van der Waals surface area (Å²) in [5, 5.41) is 3.19. The molecular formula is C26H24F4N2O3S. The van der Waals surface area contributed by atoms with Crippen molar-refractivity contribution in [3.8, 4) is 17.2 Å². The topological polar surface area (TPSA) is 43.0 Å². The number of rotatable bonds is 6. The van der Waals surface area contributed by atoms with Crippen molar-refractivity contribution in [3.05, 3.63) is 83.2 Å². The quantitative estimate of drug-likeness (QED) is 0.307. The molecule has 0 aromatic heterocycles. The SMILES string of the molecule is COc1cc2c(cc1OC)C(COc1ccc(F)cc1)N(C(=S)Nc1cccc(C(F)(F)F)c1)CC2. The van der Waals surface area contributed by atoms with Crippen molar-refractivity contribution < 1.29 is 31.8 Å². The summed E-state index contributed by atoms with van der Waals surface area (Å²) >= 11 is 5.63. The summed E-state index contributed by atoms with van der Waals surface area (Å²) in [5.41, 5.74) is 1.35. The first-order valence-electron chi connectivity index (χ1n) is 11.1. The molecule has 3 aromatic rings. The first kappa shape index (κ1) is 25.6. The van der Waals surface area contributed by atoms with Gasteiger partial charge in [0.1, 0.15) is 18.2 Å². The van der Waals surface area contributed by atoms with Crippen LogP contribution in [0.25, 0.3) is 0 Å². The molecule has 1 N–H and O–H groups in total. The molecule has 1 aliphatic heterocycles. The van der Waals surface area contributed by atoms with Gasteiger partial charge in [-0.2, -0.15) is 13.2 Å². The highest BCUT2D eigenvalue weighted by Crippen LogP contribution is 2.39. The van der Waals surface area contributed by atoms with Gasteiger partial charge in [0.05, 0.1) is 25.8 Å². The largest absolute Gasteiger partial charge is 0.493 e. The first-order valence-corrected chi connectivity index (χ1v) is 11.5. The number of nitrogens with zero attached hydrogens (tertiary/aromatic N) is 1. The zero-order valence-electron chi connectivity index (χ0n) is 19.6. The monoisotopic (exact) mass is 520 g/mol. The standard InChI is InChI=1S/C26H24F4N2O3S/c1-33-23-12-16-10-11-32(25(36)31-19-5-3-4-17(13-19)26(28,29)30)22(21(16)14-24(23)34-2)15-35-20-8-6-18(27)7-9-20/h3-9,12-14,22H,10-11,15H2,1-2H3,(H,31,36). The van der Waals surface area contributed by atoms with Crippen molar-refractivity contribution in [2.24, 2.45) is 0 Å². The number of benzene rings is 3. The Hall–Kier alpha value is -3.53. The molecule has 10 heteroatoms. The number of methoxy groups -OCH3 is 2. The van der Waals surface area contributed by atoms with Crippen molar-refractivity contribution in [3.63, 3.8) is 0 Å². The Labute approximate surface area is 211 Å². The minimum absolute atomic E-state index is 0.151. The van der Waals surface area contributed by atoms with E-state index in [4.69, 9.17) is 26.4 Å². The lowest BCUT2D eigenvalue weighted by Gasteiger charge is -2.39. The Morgan fingerprint density at radius 2 is 1.72 bits per heavy atom. The molecule has 0 saturated carbocycles. The highest BCUT2D eigenvalue weighted by Gasteiger charge is 2.33. The van der Waals surface area contributed by atoms with Gasteiger partial charge in [0.2, 0.25) is 0 Å². The number of hydrogen-bond donors (Lipinski definition) is 1. The van der Waals surface area contributed by atoms with Crippen LogP contribution in [-0.2, 0) is 12.6 Å². The van der Waals surface area contributed by atoms with Crippen LogP contribution in [0.4, 0.5) is 23.2 Å². The maximum absolute atomic E-state index is 13.3. The Morgan fingerprint density at radius 1 is 1.03 bits per heavy atom. The van der Waals surface area contributed by atoms with E-state index in [0.717, 1.165) is 23.3 Å². The molecule has 0 fully saturated rings. The van der Waals surface area contributed by atoms with E-state index in [2.05, 4.69) is 5.32 Å². The van der Waals surface area contributed by atoms with Gasteiger partial charge in [0.15, 0.2) is 16.6 Å². The van der Waals surface area contributed by atoms with Crippen LogP contribution in [0.3, 0.4) is 0 Å². The third-order valence-corrected chi connectivity index (χ3v) is 6.26. The van der Waals surface area contributed by atoms with E-state index < -0.39 is 17.8 Å². The predicted molar refractivity (Wildman–Crippen MR) is 132 cm³/mol. The minimum Gasteiger partial charge on any atom is -0.493 e. The molecular weight excluding hydrogens is 496 g/mol. The summed E-state index contributed by atoms with van der Waals surface area (Å²) in [4.78, 5) is 1.87. The number of thiocarbonyl (C=S) groups is 1. The Kier molecular flexibility index (Phi) is 7.53. The summed E-state index contributed by atoms with van der Waals surface area (Å²) in [5.74, 6) is 1.21. The van der Waals surface area contributed by atoms with Crippen LogP contribution in [-0.4, -0.2) is 37.4 Å². The molecule has 1 heterocycles. The molecule has 1 atom stereocenters. The fourth-order valence-corrected chi connectivity index (χ4v) is 4.46. The molecule has 0 amide bonds. The van der Waals surface area contributed by atoms with Crippen LogP contribution in [0, 0.1) is 5.82 Å². The van der Waals surface area contributed by atoms with Gasteiger partial charge < -0.3 is 24.4 Å². The van der Waals surface area contributed by atoms with E-state index in [-0.39, 0.29) is 23.2 Å². The van der Waals surface area contributed by atoms with E-state index in [9.17, 15) is 17.6 Å². The van der Waals surface area contributed by atoms with Crippen molar-refractivity contribution in [1.29, 1.82) is 0 Å². The number of fused-ring (bicyclic) bond motifs is 1. The average Bonchev–Trinajstić information content (AvgIpc) is 2.86. The molecule has 190 valence electrons. The number of anilines is 1. The summed E-state index contributed by atoms with van der Waals surface area (Å²) in [7, 11) is 3.09. The molecule has 36 heavy (non-hydrogen) atoms. The molecule has 0 spiro atoms. The third kappa shape index (κ3) is 5.64. The summed E-state index contributed by atoms with van der Waals surface area (Å²) in [6.07, 6.45) is -3.85. The zero-order valence-corrected chi connectivity index (χ0v) is 20.4. The summed E-state index contributed by atoms with van der Waals surface area (Å²) in [6, 6.07) is 13.9. The second kappa shape index (κ2) is 10.6. The second-order valence-electron chi connectivity index (χ2n) is 8.14. The number of hydrogen-bond acceptors (Lipinski definition) is 4. The first-order chi connectivity index (χ1) is 17.2. The molecule has 0 aliphatic carbocycles. The van der Waals surface area contributed by atoms with Gasteiger partial charge in [-0.05, 0) is 84.4 Å². The minimum atomic E-state index is -4.47. The molecule has 1 aliphatic rings. The van der Waals surface area contributed by atoms with Gasteiger partial charge in [-0.25, -0.2) is 4.39 Å². The third-order valence-electron chi connectivity index (χ3n) is 5.93. The van der Waals surface area contributed by atoms with E-state index in [0.29, 0.717) is 30.2 Å². The fourth-order valence-electron chi connectivity index (χ4n) is 4.13. The van der Waals surface area contributed by atoms with Gasteiger partial charge in [-0.15, -0.1) is 0 Å². The second-order valence-corrected chi connectivity index (χ2v) is 8.53. The van der Waals surface area contributed by atoms with Crippen LogP contribution in [0.1, 0.15) is 22.7 Å². The number of nitrogens with one attached hydrogen (secondary N) is 1. The Morgan fingerprint density at radius 3 is 2.39 bits per heavy atom. The number of halogens is 4. The van der Waals surface area contributed by atoms with Gasteiger partial charge in [-0.1, -0.05) is 6.07 Å². The van der Waals surface area contributed by atoms with Gasteiger partial charge in [0, 0.05) is 12.2 Å². The van der Waals surface area contributed by atoms with E-state index in [1.54, 1.807) is 7.11 Å². The molecule has 4 rings (SSSR count). The number of alkyl halides is 3. The van der Waals surface area contributed by atoms with Crippen LogP contribution in [0.2, 0.25) is 0 Å². The zero-order chi connectivity index (χ0) is 25.9. The number of ether oxygens (including phenoxy) is 3.